The van der Waals surface area contributed by atoms with E-state index in [0.717, 1.165) is 30.6 Å². The van der Waals surface area contributed by atoms with Crippen molar-refractivity contribution in [2.24, 2.45) is 0 Å². The molecule has 1 aromatic heterocycles. The molecule has 4 nitrogen and oxygen atoms in total. The van der Waals surface area contributed by atoms with Gasteiger partial charge in [0, 0.05) is 32.0 Å². The number of ether oxygens (including phenoxy) is 1. The Bertz CT molecular complexity index is 562. The second-order valence-electron chi connectivity index (χ2n) is 5.76. The minimum absolute atomic E-state index is 0.246. The van der Waals surface area contributed by atoms with Gasteiger partial charge >= 0.3 is 0 Å². The number of nitrogens with zero attached hydrogens (tertiary/aromatic N) is 2. The average Bonchev–Trinajstić information content (AvgIpc) is 3.02. The molecule has 22 heavy (non-hydrogen) atoms. The van der Waals surface area contributed by atoms with Crippen LogP contribution in [0.25, 0.3) is 0 Å². The largest absolute Gasteiger partial charge is 0.387 e. The Balaban J connectivity index is 1.44. The molecule has 1 fully saturated rings. The van der Waals surface area contributed by atoms with Crippen molar-refractivity contribution >= 4 is 0 Å². The van der Waals surface area contributed by atoms with Gasteiger partial charge < -0.3 is 9.84 Å². The van der Waals surface area contributed by atoms with Crippen LogP contribution in [0.3, 0.4) is 0 Å². The number of aliphatic hydroxyl groups excluding tert-OH is 1. The number of aliphatic hydroxyl groups is 1. The van der Waals surface area contributed by atoms with Gasteiger partial charge in [0.05, 0.1) is 18.8 Å². The molecule has 0 spiro atoms. The van der Waals surface area contributed by atoms with Crippen LogP contribution in [0, 0.1) is 0 Å². The Morgan fingerprint density at radius 2 is 1.95 bits per heavy atom. The third-order valence-electron chi connectivity index (χ3n) is 4.08. The molecule has 1 unspecified atom stereocenters. The topological polar surface area (TPSA) is 45.6 Å². The first-order chi connectivity index (χ1) is 10.8. The van der Waals surface area contributed by atoms with Gasteiger partial charge in [-0.1, -0.05) is 30.3 Å². The molecule has 2 heterocycles. The van der Waals surface area contributed by atoms with E-state index in [-0.39, 0.29) is 6.10 Å². The fraction of sp³-hybridized carbons (Fsp3) is 0.389. The fourth-order valence-electron chi connectivity index (χ4n) is 2.82. The molecule has 2 aromatic rings. The summed E-state index contributed by atoms with van der Waals surface area (Å²) < 4.78 is 5.96. The maximum Gasteiger partial charge on any atom is 0.0916 e. The molecule has 0 aliphatic carbocycles. The van der Waals surface area contributed by atoms with Crippen molar-refractivity contribution in [3.05, 3.63) is 66.0 Å². The summed E-state index contributed by atoms with van der Waals surface area (Å²) in [6.45, 7) is 3.15. The van der Waals surface area contributed by atoms with E-state index in [0.29, 0.717) is 13.2 Å². The van der Waals surface area contributed by atoms with Crippen LogP contribution in [-0.2, 0) is 11.3 Å². The van der Waals surface area contributed by atoms with Gasteiger partial charge in [-0.2, -0.15) is 0 Å². The molecule has 116 valence electrons. The first-order valence-electron chi connectivity index (χ1n) is 7.77. The first kappa shape index (κ1) is 15.2. The van der Waals surface area contributed by atoms with Crippen molar-refractivity contribution in [2.45, 2.75) is 25.2 Å². The molecule has 4 heteroatoms. The molecule has 1 aliphatic rings. The molecule has 0 bridgehead atoms. The van der Waals surface area contributed by atoms with Gasteiger partial charge in [0.15, 0.2) is 0 Å². The predicted molar refractivity (Wildman–Crippen MR) is 85.3 cm³/mol. The second-order valence-corrected chi connectivity index (χ2v) is 5.76. The van der Waals surface area contributed by atoms with E-state index in [1.807, 2.05) is 42.5 Å². The van der Waals surface area contributed by atoms with Crippen molar-refractivity contribution in [1.29, 1.82) is 0 Å². The summed E-state index contributed by atoms with van der Waals surface area (Å²) in [5.74, 6) is 0. The molecule has 0 amide bonds. The summed E-state index contributed by atoms with van der Waals surface area (Å²) in [4.78, 5) is 6.28. The number of hydrogen-bond donors (Lipinski definition) is 1. The van der Waals surface area contributed by atoms with Crippen LogP contribution in [0.15, 0.2) is 54.9 Å². The summed E-state index contributed by atoms with van der Waals surface area (Å²) in [7, 11) is 0. The summed E-state index contributed by atoms with van der Waals surface area (Å²) in [5.41, 5.74) is 2.13. The van der Waals surface area contributed by atoms with Gasteiger partial charge in [0.1, 0.15) is 0 Å². The molecule has 1 N–H and O–H groups in total. The lowest BCUT2D eigenvalue weighted by molar-refractivity contribution is 0.0416. The Kier molecular flexibility index (Phi) is 5.16. The molecular formula is C18H22N2O2. The molecule has 0 saturated carbocycles. The highest BCUT2D eigenvalue weighted by molar-refractivity contribution is 5.17. The zero-order valence-corrected chi connectivity index (χ0v) is 12.6. The van der Waals surface area contributed by atoms with Gasteiger partial charge in [0.2, 0.25) is 0 Å². The number of likely N-dealkylation sites (tertiary alicyclic amines) is 1. The monoisotopic (exact) mass is 298 g/mol. The maximum absolute atomic E-state index is 10.3. The zero-order valence-electron chi connectivity index (χ0n) is 12.6. The average molecular weight is 298 g/mol. The highest BCUT2D eigenvalue weighted by Crippen LogP contribution is 2.19. The number of benzene rings is 1. The number of aromatic nitrogens is 1. The molecule has 1 aromatic carbocycles. The van der Waals surface area contributed by atoms with Gasteiger partial charge in [0.25, 0.3) is 0 Å². The van der Waals surface area contributed by atoms with Crippen LogP contribution >= 0.6 is 0 Å². The van der Waals surface area contributed by atoms with Gasteiger partial charge in [-0.25, -0.2) is 0 Å². The van der Waals surface area contributed by atoms with Crippen molar-refractivity contribution in [3.63, 3.8) is 0 Å². The molecular weight excluding hydrogens is 276 g/mol. The Morgan fingerprint density at radius 3 is 2.73 bits per heavy atom. The quantitative estimate of drug-likeness (QED) is 0.889. The highest BCUT2D eigenvalue weighted by Gasteiger charge is 2.25. The van der Waals surface area contributed by atoms with Crippen LogP contribution < -0.4 is 0 Å². The third-order valence-corrected chi connectivity index (χ3v) is 4.08. The number of hydrogen-bond acceptors (Lipinski definition) is 4. The van der Waals surface area contributed by atoms with E-state index in [2.05, 4.69) is 9.88 Å². The summed E-state index contributed by atoms with van der Waals surface area (Å²) in [6.07, 6.45) is 4.41. The predicted octanol–water partition coefficient (Wildman–Crippen LogP) is 2.41. The summed E-state index contributed by atoms with van der Waals surface area (Å²) in [6, 6.07) is 13.8. The Hall–Kier alpha value is -1.75. The Morgan fingerprint density at radius 1 is 1.18 bits per heavy atom. The van der Waals surface area contributed by atoms with Crippen LogP contribution in [0.2, 0.25) is 0 Å². The van der Waals surface area contributed by atoms with Gasteiger partial charge in [-0.3, -0.25) is 9.88 Å². The van der Waals surface area contributed by atoms with Crippen molar-refractivity contribution in [3.8, 4) is 0 Å². The SMILES string of the molecule is O[C@H](CN1CCC(OCc2ccncc2)C1)c1ccccc1. The second kappa shape index (κ2) is 7.49. The van der Waals surface area contributed by atoms with Crippen LogP contribution in [0.4, 0.5) is 0 Å². The van der Waals surface area contributed by atoms with Crippen molar-refractivity contribution < 1.29 is 9.84 Å². The van der Waals surface area contributed by atoms with Crippen molar-refractivity contribution in [1.82, 2.24) is 9.88 Å². The number of pyridine rings is 1. The standard InChI is InChI=1S/C18H22N2O2/c21-18(16-4-2-1-3-5-16)13-20-11-8-17(12-20)22-14-15-6-9-19-10-7-15/h1-7,9-10,17-18,21H,8,11-14H2/t17?,18-/m1/s1. The summed E-state index contributed by atoms with van der Waals surface area (Å²) in [5, 5.41) is 10.3. The van der Waals surface area contributed by atoms with E-state index in [1.54, 1.807) is 12.4 Å². The van der Waals surface area contributed by atoms with Gasteiger partial charge in [-0.05, 0) is 29.7 Å². The Labute approximate surface area is 131 Å². The fourth-order valence-corrected chi connectivity index (χ4v) is 2.82. The smallest absolute Gasteiger partial charge is 0.0916 e. The van der Waals surface area contributed by atoms with Crippen LogP contribution in [0.5, 0.6) is 0 Å². The number of β-amino-alcohol motifs (C(OH)–C–C–N with tert-alkyl or cyclic N) is 1. The molecule has 0 radical (unpaired) electrons. The lowest BCUT2D eigenvalue weighted by Crippen LogP contribution is -2.28. The highest BCUT2D eigenvalue weighted by atomic mass is 16.5. The summed E-state index contributed by atoms with van der Waals surface area (Å²) >= 11 is 0. The number of rotatable bonds is 6. The van der Waals surface area contributed by atoms with E-state index >= 15 is 0 Å². The molecule has 1 saturated heterocycles. The minimum atomic E-state index is -0.430. The molecule has 3 rings (SSSR count). The maximum atomic E-state index is 10.3. The zero-order chi connectivity index (χ0) is 15.2. The first-order valence-corrected chi connectivity index (χ1v) is 7.77. The van der Waals surface area contributed by atoms with Gasteiger partial charge in [-0.15, -0.1) is 0 Å². The normalized spacial score (nSPS) is 20.1. The van der Waals surface area contributed by atoms with E-state index in [1.165, 1.54) is 0 Å². The van der Waals surface area contributed by atoms with E-state index in [9.17, 15) is 5.11 Å². The minimum Gasteiger partial charge on any atom is -0.387 e. The van der Waals surface area contributed by atoms with Crippen LogP contribution in [-0.4, -0.2) is 40.7 Å². The lowest BCUT2D eigenvalue weighted by atomic mass is 10.1. The van der Waals surface area contributed by atoms with Crippen LogP contribution in [0.1, 0.15) is 23.7 Å². The third kappa shape index (κ3) is 4.13. The van der Waals surface area contributed by atoms with Crippen molar-refractivity contribution in [2.75, 3.05) is 19.6 Å². The molecule has 1 aliphatic heterocycles. The lowest BCUT2D eigenvalue weighted by Gasteiger charge is -2.20. The van der Waals surface area contributed by atoms with E-state index in [4.69, 9.17) is 4.74 Å². The van der Waals surface area contributed by atoms with E-state index < -0.39 is 6.10 Å². The molecule has 2 atom stereocenters.